The Morgan fingerprint density at radius 1 is 0.863 bits per heavy atom. The number of fused-ring (bicyclic) bond motifs is 1. The number of carboxylic acid groups (broad SMARTS) is 2. The number of hydrogen-bond acceptors (Lipinski definition) is 12. The van der Waals surface area contributed by atoms with E-state index in [2.05, 4.69) is 26.8 Å². The molecule has 19 heteroatoms. The zero-order chi connectivity index (χ0) is 36.8. The number of urea groups is 1. The first-order valence-corrected chi connectivity index (χ1v) is 18.7. The number of thiocarbonyl (C=S) groups is 1. The van der Waals surface area contributed by atoms with E-state index in [1.165, 1.54) is 0 Å². The molecule has 0 saturated carbocycles. The third kappa shape index (κ3) is 13.6. The van der Waals surface area contributed by atoms with Gasteiger partial charge in [0.1, 0.15) is 0 Å². The molecule has 3 saturated heterocycles. The molecule has 4 rings (SSSR count). The molecule has 1 aromatic rings. The van der Waals surface area contributed by atoms with E-state index in [-0.39, 0.29) is 68.3 Å². The van der Waals surface area contributed by atoms with Crippen LogP contribution in [0.15, 0.2) is 24.3 Å². The van der Waals surface area contributed by atoms with Crippen LogP contribution in [0.5, 0.6) is 0 Å². The number of carbonyl (C=O) groups excluding carboxylic acids is 2. The lowest BCUT2D eigenvalue weighted by Gasteiger charge is -2.37. The van der Waals surface area contributed by atoms with Gasteiger partial charge in [-0.25, -0.2) is 4.79 Å². The van der Waals surface area contributed by atoms with Crippen molar-refractivity contribution in [2.75, 3.05) is 83.4 Å². The highest BCUT2D eigenvalue weighted by atomic mass is 32.2. The Morgan fingerprint density at radius 3 is 2.16 bits per heavy atom. The van der Waals surface area contributed by atoms with E-state index in [0.29, 0.717) is 69.5 Å². The zero-order valence-corrected chi connectivity index (χ0v) is 30.3. The molecular weight excluding hydrogens is 703 g/mol. The van der Waals surface area contributed by atoms with E-state index in [9.17, 15) is 39.6 Å². The minimum Gasteiger partial charge on any atom is -0.480 e. The predicted molar refractivity (Wildman–Crippen MR) is 196 cm³/mol. The van der Waals surface area contributed by atoms with Gasteiger partial charge in [-0.2, -0.15) is 11.8 Å². The van der Waals surface area contributed by atoms with E-state index < -0.39 is 11.9 Å². The number of benzene rings is 1. The van der Waals surface area contributed by atoms with Crippen LogP contribution in [0.25, 0.3) is 0 Å². The van der Waals surface area contributed by atoms with E-state index >= 15 is 0 Å². The lowest BCUT2D eigenvalue weighted by atomic mass is 10.0. The van der Waals surface area contributed by atoms with Crippen molar-refractivity contribution in [3.05, 3.63) is 29.8 Å². The highest BCUT2D eigenvalue weighted by Crippen LogP contribution is 2.33. The number of anilines is 1. The van der Waals surface area contributed by atoms with Crippen molar-refractivity contribution in [1.29, 1.82) is 0 Å². The molecule has 3 amide bonds. The molecule has 17 nitrogen and oxygen atoms in total. The number of nitrogens with one attached hydrogen (secondary N) is 5. The van der Waals surface area contributed by atoms with Crippen molar-refractivity contribution < 1.29 is 39.6 Å². The lowest BCUT2D eigenvalue weighted by Crippen LogP contribution is -2.53. The number of hydrogen-bond donors (Lipinski definition) is 9. The van der Waals surface area contributed by atoms with Crippen molar-refractivity contribution in [2.45, 2.75) is 55.5 Å². The molecule has 51 heavy (non-hydrogen) atoms. The number of amides is 3. The first-order chi connectivity index (χ1) is 24.5. The van der Waals surface area contributed by atoms with Crippen molar-refractivity contribution in [1.82, 2.24) is 41.1 Å². The maximum Gasteiger partial charge on any atom is 0.317 e. The molecule has 4 unspecified atom stereocenters. The summed E-state index contributed by atoms with van der Waals surface area (Å²) in [7, 11) is 0. The minimum absolute atomic E-state index is 0.104. The van der Waals surface area contributed by atoms with E-state index in [0.717, 1.165) is 24.2 Å². The lowest BCUT2D eigenvalue weighted by molar-refractivity contribution is -0.141. The third-order valence-corrected chi connectivity index (χ3v) is 11.0. The molecule has 284 valence electrons. The Bertz CT molecular complexity index is 1330. The molecule has 0 bridgehead atoms. The van der Waals surface area contributed by atoms with Crippen LogP contribution in [0.3, 0.4) is 0 Å². The maximum atomic E-state index is 12.4. The van der Waals surface area contributed by atoms with Crippen LogP contribution in [-0.4, -0.2) is 171 Å². The number of thioether (sulfide) groups is 1. The molecule has 3 fully saturated rings. The molecule has 4 atom stereocenters. The molecule has 9 N–H and O–H groups in total. The fraction of sp³-hybridized carbons (Fsp3) is 0.656. The Kier molecular flexibility index (Phi) is 16.4. The summed E-state index contributed by atoms with van der Waals surface area (Å²) in [6.07, 6.45) is 3.27. The normalized spacial score (nSPS) is 24.0. The number of aliphatic hydroxyl groups excluding tert-OH is 2. The number of unbranched alkanes of at least 4 members (excludes halogenated alkanes) is 1. The highest BCUT2D eigenvalue weighted by Gasteiger charge is 2.42. The first kappa shape index (κ1) is 40.5. The summed E-state index contributed by atoms with van der Waals surface area (Å²) in [6, 6.07) is 7.26. The van der Waals surface area contributed by atoms with Crippen molar-refractivity contribution >= 4 is 58.7 Å². The minimum atomic E-state index is -1.01. The largest absolute Gasteiger partial charge is 0.480 e. The number of carbonyl (C=O) groups is 4. The second kappa shape index (κ2) is 20.7. The number of rotatable bonds is 14. The van der Waals surface area contributed by atoms with Crippen LogP contribution in [0.1, 0.15) is 31.2 Å². The topological polar surface area (TPSA) is 222 Å². The number of nitrogens with zero attached hydrogens (tertiary/aromatic N) is 4. The number of aliphatic carboxylic acids is 2. The molecule has 0 radical (unpaired) electrons. The van der Waals surface area contributed by atoms with Gasteiger partial charge in [0.05, 0.1) is 38.6 Å². The summed E-state index contributed by atoms with van der Waals surface area (Å²) in [4.78, 5) is 54.8. The second-order valence-corrected chi connectivity index (χ2v) is 14.7. The smallest absolute Gasteiger partial charge is 0.317 e. The van der Waals surface area contributed by atoms with Crippen LogP contribution in [-0.2, 0) is 20.8 Å². The highest BCUT2D eigenvalue weighted by molar-refractivity contribution is 8.00. The van der Waals surface area contributed by atoms with Gasteiger partial charge in [0.15, 0.2) is 5.11 Å². The summed E-state index contributed by atoms with van der Waals surface area (Å²) in [6.45, 7) is 1.78. The second-order valence-electron chi connectivity index (χ2n) is 13.1. The van der Waals surface area contributed by atoms with Gasteiger partial charge in [-0.3, -0.25) is 44.8 Å². The number of hydrazine groups is 1. The molecule has 3 aliphatic rings. The molecule has 0 spiro atoms. The van der Waals surface area contributed by atoms with E-state index in [1.54, 1.807) is 14.7 Å². The summed E-state index contributed by atoms with van der Waals surface area (Å²) in [5.41, 5.74) is 6.91. The molecule has 1 aromatic carbocycles. The fourth-order valence-corrected chi connectivity index (χ4v) is 8.27. The SMILES string of the molecule is O=C(O)CN1CCN(CO)CCN(CO)CCN(CC(=O)O)C(Cc2ccc(NC(=S)NNC(=O)CCCCC3SCC4NC(=O)NC43)cc2)C1. The van der Waals surface area contributed by atoms with Gasteiger partial charge >= 0.3 is 18.0 Å². The quantitative estimate of drug-likeness (QED) is 0.0478. The standard InChI is InChI=1S/C32H51N9O8S2/c42-20-38-9-10-39(21-43)13-14-41(18-29(47)48)24(16-40(12-11-38)17-28(45)46)15-22-5-7-23(8-6-22)33-32(50)37-36-27(44)4-2-1-3-26-30-25(19-51-26)34-31(49)35-30/h5-8,24-26,30,42-43H,1-4,9-21H2,(H,36,44)(H,45,46)(H,47,48)(H2,33,37,50)(H2,34,35,49). The van der Waals surface area contributed by atoms with Crippen molar-refractivity contribution in [3.63, 3.8) is 0 Å². The summed E-state index contributed by atoms with van der Waals surface area (Å²) < 4.78 is 0. The van der Waals surface area contributed by atoms with Crippen molar-refractivity contribution in [2.24, 2.45) is 0 Å². The van der Waals surface area contributed by atoms with Gasteiger partial charge < -0.3 is 36.4 Å². The molecule has 0 aromatic heterocycles. The summed E-state index contributed by atoms with van der Waals surface area (Å²) >= 11 is 7.21. The molecular formula is C32H51N9O8S2. The monoisotopic (exact) mass is 753 g/mol. The van der Waals surface area contributed by atoms with Gasteiger partial charge in [0.25, 0.3) is 0 Å². The number of aliphatic hydroxyl groups is 2. The first-order valence-electron chi connectivity index (χ1n) is 17.2. The van der Waals surface area contributed by atoms with Crippen LogP contribution < -0.4 is 26.8 Å². The summed E-state index contributed by atoms with van der Waals surface area (Å²) in [5.74, 6) is -1.29. The Morgan fingerprint density at radius 2 is 1.51 bits per heavy atom. The van der Waals surface area contributed by atoms with Gasteiger partial charge in [0.2, 0.25) is 5.91 Å². The zero-order valence-electron chi connectivity index (χ0n) is 28.7. The van der Waals surface area contributed by atoms with Gasteiger partial charge in [-0.15, -0.1) is 0 Å². The summed E-state index contributed by atoms with van der Waals surface area (Å²) in [5, 5.41) is 48.6. The van der Waals surface area contributed by atoms with Crippen LogP contribution in [0.4, 0.5) is 10.5 Å². The Balaban J connectivity index is 1.28. The van der Waals surface area contributed by atoms with E-state index in [1.807, 2.05) is 40.9 Å². The van der Waals surface area contributed by atoms with Gasteiger partial charge in [-0.1, -0.05) is 18.6 Å². The Labute approximate surface area is 307 Å². The van der Waals surface area contributed by atoms with Crippen LogP contribution in [0, 0.1) is 0 Å². The van der Waals surface area contributed by atoms with E-state index in [4.69, 9.17) is 12.2 Å². The van der Waals surface area contributed by atoms with Gasteiger partial charge in [0, 0.05) is 75.0 Å². The molecule has 3 aliphatic heterocycles. The predicted octanol–water partition coefficient (Wildman–Crippen LogP) is -1.07. The van der Waals surface area contributed by atoms with Gasteiger partial charge in [-0.05, 0) is 49.2 Å². The molecule has 3 heterocycles. The van der Waals surface area contributed by atoms with Crippen LogP contribution >= 0.6 is 24.0 Å². The average molecular weight is 754 g/mol. The number of carboxylic acids is 2. The fourth-order valence-electron chi connectivity index (χ4n) is 6.56. The van der Waals surface area contributed by atoms with Crippen LogP contribution in [0.2, 0.25) is 0 Å². The Hall–Kier alpha value is -3.30. The third-order valence-electron chi connectivity index (χ3n) is 9.33. The van der Waals surface area contributed by atoms with Crippen molar-refractivity contribution in [3.8, 4) is 0 Å². The maximum absolute atomic E-state index is 12.4. The average Bonchev–Trinajstić information content (AvgIpc) is 3.64. The molecule has 0 aliphatic carbocycles.